The van der Waals surface area contributed by atoms with Gasteiger partial charge in [0.2, 0.25) is 11.9 Å². The topological polar surface area (TPSA) is 78.4 Å². The fraction of sp³-hybridized carbons (Fsp3) is 0.688. The molecular formula is C16H26N4O2. The summed E-state index contributed by atoms with van der Waals surface area (Å²) in [4.78, 5) is 23.0. The predicted molar refractivity (Wildman–Crippen MR) is 85.4 cm³/mol. The lowest BCUT2D eigenvalue weighted by Gasteiger charge is -2.32. The standard InChI is InChI=1S/C16H26N4O2/c1-3-12(2)14(11-21)19-15(22)13-5-9-20(10-6-13)16-17-7-4-8-18-16/h4,7-8,12-14,21H,3,5-6,9-11H2,1-2H3,(H,19,22). The normalized spacial score (nSPS) is 18.8. The first-order valence-electron chi connectivity index (χ1n) is 8.08. The van der Waals surface area contributed by atoms with Gasteiger partial charge in [0.25, 0.3) is 0 Å². The molecule has 22 heavy (non-hydrogen) atoms. The van der Waals surface area contributed by atoms with Crippen LogP contribution in [0.5, 0.6) is 0 Å². The number of aromatic nitrogens is 2. The second kappa shape index (κ2) is 8.08. The highest BCUT2D eigenvalue weighted by atomic mass is 16.3. The second-order valence-electron chi connectivity index (χ2n) is 5.99. The Morgan fingerprint density at radius 1 is 1.41 bits per heavy atom. The molecule has 6 heteroatoms. The van der Waals surface area contributed by atoms with Gasteiger partial charge in [0.15, 0.2) is 0 Å². The highest BCUT2D eigenvalue weighted by Gasteiger charge is 2.28. The van der Waals surface area contributed by atoms with Crippen LogP contribution in [0.25, 0.3) is 0 Å². The number of piperidine rings is 1. The van der Waals surface area contributed by atoms with Crippen LogP contribution in [-0.4, -0.2) is 46.7 Å². The van der Waals surface area contributed by atoms with Crippen molar-refractivity contribution in [3.8, 4) is 0 Å². The Morgan fingerprint density at radius 2 is 2.05 bits per heavy atom. The van der Waals surface area contributed by atoms with Gasteiger partial charge in [-0.05, 0) is 24.8 Å². The van der Waals surface area contributed by atoms with Crippen LogP contribution in [0, 0.1) is 11.8 Å². The molecular weight excluding hydrogens is 280 g/mol. The first kappa shape index (κ1) is 16.7. The van der Waals surface area contributed by atoms with E-state index in [9.17, 15) is 9.90 Å². The molecule has 1 aromatic rings. The van der Waals surface area contributed by atoms with E-state index >= 15 is 0 Å². The number of carbonyl (C=O) groups excluding carboxylic acids is 1. The molecule has 1 aromatic heterocycles. The lowest BCUT2D eigenvalue weighted by Crippen LogP contribution is -2.47. The quantitative estimate of drug-likeness (QED) is 0.826. The summed E-state index contributed by atoms with van der Waals surface area (Å²) < 4.78 is 0. The molecule has 0 bridgehead atoms. The van der Waals surface area contributed by atoms with Crippen LogP contribution >= 0.6 is 0 Å². The minimum absolute atomic E-state index is 0.00253. The zero-order valence-electron chi connectivity index (χ0n) is 13.4. The molecule has 1 aliphatic heterocycles. The van der Waals surface area contributed by atoms with Crippen molar-refractivity contribution in [1.82, 2.24) is 15.3 Å². The Bertz CT molecular complexity index is 460. The summed E-state index contributed by atoms with van der Waals surface area (Å²) in [6, 6.07) is 1.65. The number of rotatable bonds is 6. The van der Waals surface area contributed by atoms with Gasteiger partial charge in [0, 0.05) is 31.4 Å². The number of aliphatic hydroxyl groups is 1. The largest absolute Gasteiger partial charge is 0.394 e. The number of carbonyl (C=O) groups is 1. The maximum Gasteiger partial charge on any atom is 0.225 e. The Balaban J connectivity index is 1.84. The molecule has 2 unspecified atom stereocenters. The fourth-order valence-electron chi connectivity index (χ4n) is 2.75. The van der Waals surface area contributed by atoms with Crippen molar-refractivity contribution >= 4 is 11.9 Å². The molecule has 2 N–H and O–H groups in total. The molecule has 0 radical (unpaired) electrons. The summed E-state index contributed by atoms with van der Waals surface area (Å²) in [7, 11) is 0. The molecule has 1 saturated heterocycles. The SMILES string of the molecule is CCC(C)C(CO)NC(=O)C1CCN(c2ncccn2)CC1. The molecule has 2 rings (SSSR count). The van der Waals surface area contributed by atoms with Crippen molar-refractivity contribution in [3.05, 3.63) is 18.5 Å². The summed E-state index contributed by atoms with van der Waals surface area (Å²) in [5, 5.41) is 12.4. The van der Waals surface area contributed by atoms with Crippen LogP contribution in [0.15, 0.2) is 18.5 Å². The molecule has 2 heterocycles. The van der Waals surface area contributed by atoms with E-state index in [0.717, 1.165) is 38.3 Å². The maximum atomic E-state index is 12.4. The summed E-state index contributed by atoms with van der Waals surface area (Å²) in [6.07, 6.45) is 6.00. The molecule has 1 fully saturated rings. The number of anilines is 1. The van der Waals surface area contributed by atoms with Crippen LogP contribution in [0.3, 0.4) is 0 Å². The molecule has 0 saturated carbocycles. The van der Waals surface area contributed by atoms with E-state index in [1.165, 1.54) is 0 Å². The van der Waals surface area contributed by atoms with Gasteiger partial charge in [-0.2, -0.15) is 0 Å². The Morgan fingerprint density at radius 3 is 2.59 bits per heavy atom. The zero-order valence-corrected chi connectivity index (χ0v) is 13.4. The first-order chi connectivity index (χ1) is 10.7. The highest BCUT2D eigenvalue weighted by molar-refractivity contribution is 5.79. The summed E-state index contributed by atoms with van der Waals surface area (Å²) in [5.74, 6) is 1.09. The van der Waals surface area contributed by atoms with E-state index in [1.807, 2.05) is 0 Å². The van der Waals surface area contributed by atoms with Gasteiger partial charge >= 0.3 is 0 Å². The maximum absolute atomic E-state index is 12.4. The number of nitrogens with one attached hydrogen (secondary N) is 1. The third-order valence-corrected chi connectivity index (χ3v) is 4.56. The summed E-state index contributed by atoms with van der Waals surface area (Å²) in [5.41, 5.74) is 0. The molecule has 2 atom stereocenters. The van der Waals surface area contributed by atoms with Gasteiger partial charge in [0.05, 0.1) is 12.6 Å². The summed E-state index contributed by atoms with van der Waals surface area (Å²) >= 11 is 0. The molecule has 0 spiro atoms. The minimum atomic E-state index is -0.145. The zero-order chi connectivity index (χ0) is 15.9. The van der Waals surface area contributed by atoms with Crippen molar-refractivity contribution < 1.29 is 9.90 Å². The van der Waals surface area contributed by atoms with E-state index in [-0.39, 0.29) is 30.4 Å². The van der Waals surface area contributed by atoms with Crippen LogP contribution < -0.4 is 10.2 Å². The Labute approximate surface area is 132 Å². The van der Waals surface area contributed by atoms with Gasteiger partial charge in [-0.15, -0.1) is 0 Å². The first-order valence-corrected chi connectivity index (χ1v) is 8.08. The predicted octanol–water partition coefficient (Wildman–Crippen LogP) is 1.22. The Kier molecular flexibility index (Phi) is 6.12. The summed E-state index contributed by atoms with van der Waals surface area (Å²) in [6.45, 7) is 5.69. The number of nitrogens with zero attached hydrogens (tertiary/aromatic N) is 3. The highest BCUT2D eigenvalue weighted by Crippen LogP contribution is 2.21. The smallest absolute Gasteiger partial charge is 0.225 e. The van der Waals surface area contributed by atoms with Crippen molar-refractivity contribution in [2.75, 3.05) is 24.6 Å². The van der Waals surface area contributed by atoms with Crippen molar-refractivity contribution in [1.29, 1.82) is 0 Å². The molecule has 1 amide bonds. The van der Waals surface area contributed by atoms with E-state index in [0.29, 0.717) is 0 Å². The van der Waals surface area contributed by atoms with Crippen LogP contribution in [0.1, 0.15) is 33.1 Å². The molecule has 122 valence electrons. The van der Waals surface area contributed by atoms with Gasteiger partial charge in [0.1, 0.15) is 0 Å². The van der Waals surface area contributed by atoms with E-state index < -0.39 is 0 Å². The molecule has 0 aliphatic carbocycles. The third-order valence-electron chi connectivity index (χ3n) is 4.56. The van der Waals surface area contributed by atoms with Gasteiger partial charge in [-0.1, -0.05) is 20.3 Å². The number of hydrogen-bond acceptors (Lipinski definition) is 5. The number of hydrogen-bond donors (Lipinski definition) is 2. The van der Waals surface area contributed by atoms with Crippen molar-refractivity contribution in [2.45, 2.75) is 39.2 Å². The van der Waals surface area contributed by atoms with Gasteiger partial charge < -0.3 is 15.3 Å². The Hall–Kier alpha value is -1.69. The monoisotopic (exact) mass is 306 g/mol. The third kappa shape index (κ3) is 4.16. The van der Waals surface area contributed by atoms with E-state index in [1.54, 1.807) is 18.5 Å². The van der Waals surface area contributed by atoms with Crippen LogP contribution in [-0.2, 0) is 4.79 Å². The van der Waals surface area contributed by atoms with Crippen molar-refractivity contribution in [3.63, 3.8) is 0 Å². The molecule has 0 aromatic carbocycles. The molecule has 6 nitrogen and oxygen atoms in total. The number of amides is 1. The van der Waals surface area contributed by atoms with Crippen LogP contribution in [0.2, 0.25) is 0 Å². The average molecular weight is 306 g/mol. The average Bonchev–Trinajstić information content (AvgIpc) is 2.59. The lowest BCUT2D eigenvalue weighted by molar-refractivity contribution is -0.127. The van der Waals surface area contributed by atoms with Crippen molar-refractivity contribution in [2.24, 2.45) is 11.8 Å². The van der Waals surface area contributed by atoms with Gasteiger partial charge in [-0.25, -0.2) is 9.97 Å². The van der Waals surface area contributed by atoms with E-state index in [2.05, 4.69) is 34.0 Å². The lowest BCUT2D eigenvalue weighted by atomic mass is 9.94. The molecule has 1 aliphatic rings. The second-order valence-corrected chi connectivity index (χ2v) is 5.99. The fourth-order valence-corrected chi connectivity index (χ4v) is 2.75. The van der Waals surface area contributed by atoms with Crippen LogP contribution in [0.4, 0.5) is 5.95 Å². The van der Waals surface area contributed by atoms with Gasteiger partial charge in [-0.3, -0.25) is 4.79 Å². The van der Waals surface area contributed by atoms with E-state index in [4.69, 9.17) is 0 Å². The number of aliphatic hydroxyl groups excluding tert-OH is 1. The minimum Gasteiger partial charge on any atom is -0.394 e.